The number of fused-ring (bicyclic) bond motifs is 12. The van der Waals surface area contributed by atoms with Crippen LogP contribution >= 0.6 is 0 Å². The first kappa shape index (κ1) is 40.5. The molecule has 4 bridgehead atoms. The number of rotatable bonds is 0. The van der Waals surface area contributed by atoms with Crippen molar-refractivity contribution in [3.05, 3.63) is 73.1 Å². The minimum absolute atomic E-state index is 0. The van der Waals surface area contributed by atoms with Gasteiger partial charge in [-0.05, 0) is 36.8 Å². The average molecular weight is 699 g/mol. The number of pyridine rings is 2. The van der Waals surface area contributed by atoms with E-state index in [0.29, 0.717) is 11.8 Å². The van der Waals surface area contributed by atoms with Gasteiger partial charge >= 0.3 is 12.4 Å². The van der Waals surface area contributed by atoms with Gasteiger partial charge in [0.1, 0.15) is 25.0 Å². The number of aromatic nitrogens is 2. The van der Waals surface area contributed by atoms with Gasteiger partial charge in [-0.25, -0.2) is 0 Å². The molecule has 3 heterocycles. The SMILES string of the molecule is CC1CCNc2cc[n+](c3ccccc23)CCC(C)CC[n+]2ccc(c3ccccc32)NCC1.O.O=C([O-])C(F)(F)F.O=C([O-])C(F)(F)F. The maximum atomic E-state index is 10.5. The summed E-state index contributed by atoms with van der Waals surface area (Å²) < 4.78 is 68.0. The van der Waals surface area contributed by atoms with Crippen LogP contribution in [-0.2, 0) is 22.7 Å². The lowest BCUT2D eigenvalue weighted by atomic mass is 10.0. The molecule has 0 saturated carbocycles. The summed E-state index contributed by atoms with van der Waals surface area (Å²) in [5.74, 6) is -4.70. The van der Waals surface area contributed by atoms with Gasteiger partial charge in [-0.2, -0.15) is 35.5 Å². The van der Waals surface area contributed by atoms with Crippen molar-refractivity contribution in [1.82, 2.24) is 0 Å². The third-order valence-corrected chi connectivity index (χ3v) is 7.94. The second kappa shape index (κ2) is 18.2. The number of anilines is 2. The molecular weight excluding hydrogens is 658 g/mol. The summed E-state index contributed by atoms with van der Waals surface area (Å²) in [6, 6.07) is 22.2. The number of carboxylic acids is 2. The van der Waals surface area contributed by atoms with Crippen molar-refractivity contribution >= 4 is 45.1 Å². The van der Waals surface area contributed by atoms with Gasteiger partial charge in [0, 0.05) is 50.2 Å². The Bertz CT molecular complexity index is 1560. The molecule has 0 fully saturated rings. The summed E-state index contributed by atoms with van der Waals surface area (Å²) in [5.41, 5.74) is 5.15. The van der Waals surface area contributed by atoms with Crippen LogP contribution in [0, 0.1) is 11.8 Å². The smallest absolute Gasteiger partial charge is 0.430 e. The molecule has 9 nitrogen and oxygen atoms in total. The molecule has 49 heavy (non-hydrogen) atoms. The fraction of sp³-hybridized carbons (Fsp3) is 0.412. The summed E-state index contributed by atoms with van der Waals surface area (Å²) in [7, 11) is 0. The van der Waals surface area contributed by atoms with E-state index in [1.807, 2.05) is 0 Å². The summed E-state index contributed by atoms with van der Waals surface area (Å²) in [6.45, 7) is 8.86. The van der Waals surface area contributed by atoms with Gasteiger partial charge in [-0.15, -0.1) is 0 Å². The van der Waals surface area contributed by atoms with Crippen LogP contribution in [0.2, 0.25) is 0 Å². The predicted molar refractivity (Wildman–Crippen MR) is 168 cm³/mol. The minimum atomic E-state index is -5.19. The van der Waals surface area contributed by atoms with E-state index in [-0.39, 0.29) is 5.48 Å². The van der Waals surface area contributed by atoms with Crippen LogP contribution in [0.1, 0.15) is 39.5 Å². The molecule has 0 unspecified atom stereocenters. The number of aryl methyl sites for hydroxylation is 2. The highest BCUT2D eigenvalue weighted by Crippen LogP contribution is 2.23. The molecule has 4 aromatic rings. The Morgan fingerprint density at radius 2 is 0.959 bits per heavy atom. The molecule has 0 amide bonds. The van der Waals surface area contributed by atoms with Gasteiger partial charge < -0.3 is 35.9 Å². The molecular formula is C34H40F6N4O5. The van der Waals surface area contributed by atoms with E-state index < -0.39 is 24.3 Å². The van der Waals surface area contributed by atoms with Crippen molar-refractivity contribution in [2.45, 2.75) is 65.0 Å². The lowest BCUT2D eigenvalue weighted by Gasteiger charge is -2.16. The Balaban J connectivity index is 0.000000470. The van der Waals surface area contributed by atoms with Gasteiger partial charge in [0.2, 0.25) is 11.0 Å². The van der Waals surface area contributed by atoms with Crippen molar-refractivity contribution in [3.63, 3.8) is 0 Å². The zero-order valence-corrected chi connectivity index (χ0v) is 27.0. The number of benzene rings is 2. The number of carboxylic acid groups (broad SMARTS) is 2. The first-order valence-corrected chi connectivity index (χ1v) is 15.4. The predicted octanol–water partition coefficient (Wildman–Crippen LogP) is 3.71. The maximum absolute atomic E-state index is 10.5. The molecule has 0 spiro atoms. The van der Waals surface area contributed by atoms with Crippen molar-refractivity contribution < 1.29 is 60.8 Å². The van der Waals surface area contributed by atoms with Crippen molar-refractivity contribution in [2.24, 2.45) is 11.8 Å². The van der Waals surface area contributed by atoms with Gasteiger partial charge in [0.15, 0.2) is 12.4 Å². The van der Waals surface area contributed by atoms with E-state index in [1.54, 1.807) is 0 Å². The average Bonchev–Trinajstić information content (AvgIpc) is 3.03. The molecule has 1 aliphatic heterocycles. The summed E-state index contributed by atoms with van der Waals surface area (Å²) in [5, 5.41) is 27.7. The number of para-hydroxylation sites is 2. The molecule has 15 heteroatoms. The second-order valence-corrected chi connectivity index (χ2v) is 11.7. The van der Waals surface area contributed by atoms with Crippen LogP contribution in [-0.4, -0.2) is 42.9 Å². The van der Waals surface area contributed by atoms with Crippen LogP contribution < -0.4 is 30.0 Å². The summed E-state index contributed by atoms with van der Waals surface area (Å²) in [6.07, 6.45) is -1.17. The van der Waals surface area contributed by atoms with Crippen LogP contribution in [0.3, 0.4) is 0 Å². The summed E-state index contributed by atoms with van der Waals surface area (Å²) >= 11 is 0. The van der Waals surface area contributed by atoms with E-state index in [1.165, 1.54) is 46.0 Å². The number of alkyl halides is 6. The lowest BCUT2D eigenvalue weighted by Crippen LogP contribution is -2.37. The molecule has 0 saturated heterocycles. The Morgan fingerprint density at radius 1 is 0.633 bits per heavy atom. The summed E-state index contributed by atoms with van der Waals surface area (Å²) in [4.78, 5) is 17.6. The van der Waals surface area contributed by atoms with Crippen molar-refractivity contribution in [3.8, 4) is 0 Å². The fourth-order valence-corrected chi connectivity index (χ4v) is 5.19. The number of aliphatic carboxylic acids is 2. The molecule has 0 radical (unpaired) electrons. The lowest BCUT2D eigenvalue weighted by molar-refractivity contribution is -0.677. The van der Waals surface area contributed by atoms with Gasteiger partial charge in [-0.3, -0.25) is 0 Å². The molecule has 2 aromatic heterocycles. The number of hydrogen-bond donors (Lipinski definition) is 2. The molecule has 268 valence electrons. The first-order valence-electron chi connectivity index (χ1n) is 15.4. The van der Waals surface area contributed by atoms with E-state index in [4.69, 9.17) is 19.8 Å². The third-order valence-electron chi connectivity index (χ3n) is 7.94. The largest absolute Gasteiger partial charge is 0.542 e. The van der Waals surface area contributed by atoms with E-state index in [0.717, 1.165) is 39.0 Å². The Labute approximate surface area is 279 Å². The quantitative estimate of drug-likeness (QED) is 0.212. The van der Waals surface area contributed by atoms with Crippen LogP contribution in [0.25, 0.3) is 21.8 Å². The monoisotopic (exact) mass is 698 g/mol. The first-order chi connectivity index (χ1) is 22.6. The number of nitrogens with one attached hydrogen (secondary N) is 2. The molecule has 2 aromatic carbocycles. The highest BCUT2D eigenvalue weighted by Gasteiger charge is 2.29. The zero-order valence-electron chi connectivity index (χ0n) is 27.0. The molecule has 1 aliphatic rings. The number of carbonyl (C=O) groups is 2. The number of carbonyl (C=O) groups excluding carboxylic acids is 2. The Morgan fingerprint density at radius 3 is 1.31 bits per heavy atom. The fourth-order valence-electron chi connectivity index (χ4n) is 5.19. The molecule has 0 aliphatic carbocycles. The van der Waals surface area contributed by atoms with Gasteiger partial charge in [-0.1, -0.05) is 38.1 Å². The van der Waals surface area contributed by atoms with Crippen LogP contribution in [0.5, 0.6) is 0 Å². The number of nitrogens with zero attached hydrogens (tertiary/aromatic N) is 2. The van der Waals surface area contributed by atoms with E-state index in [2.05, 4.69) is 107 Å². The van der Waals surface area contributed by atoms with E-state index >= 15 is 0 Å². The molecule has 5 rings (SSSR count). The molecule has 0 atom stereocenters. The van der Waals surface area contributed by atoms with Crippen molar-refractivity contribution in [2.75, 3.05) is 23.7 Å². The maximum Gasteiger partial charge on any atom is 0.430 e. The Hall–Kier alpha value is -4.66. The molecule has 4 N–H and O–H groups in total. The second-order valence-electron chi connectivity index (χ2n) is 11.7. The Kier molecular flexibility index (Phi) is 15.0. The van der Waals surface area contributed by atoms with Crippen molar-refractivity contribution in [1.29, 1.82) is 0 Å². The topological polar surface area (TPSA) is 144 Å². The van der Waals surface area contributed by atoms with Crippen LogP contribution in [0.4, 0.5) is 37.7 Å². The van der Waals surface area contributed by atoms with Gasteiger partial charge in [0.25, 0.3) is 0 Å². The third kappa shape index (κ3) is 12.4. The zero-order chi connectivity index (χ0) is 35.5. The van der Waals surface area contributed by atoms with Gasteiger partial charge in [0.05, 0.1) is 22.1 Å². The highest BCUT2D eigenvalue weighted by molar-refractivity contribution is 5.89. The number of halogens is 6. The van der Waals surface area contributed by atoms with E-state index in [9.17, 15) is 26.3 Å². The minimum Gasteiger partial charge on any atom is -0.542 e. The number of hydrogen-bond acceptors (Lipinski definition) is 6. The van der Waals surface area contributed by atoms with Crippen LogP contribution in [0.15, 0.2) is 73.1 Å². The standard InChI is InChI=1S/C30H36N4.2C2HF3O2.H2O/c1-23-11-17-31-27-15-21-33(29-9-5-3-7-25(27)29)19-13-24(2)14-20-34-22-16-28(32-18-12-23)26-8-4-6-10-30(26)34;2*3-2(4,5)1(6)7;/h3-10,15-16,21-24H,11-14,17-20H2,1-2H3;2*(H,6,7);1H2. The highest BCUT2D eigenvalue weighted by atomic mass is 19.4. The normalized spacial score (nSPS) is 17.2.